The summed E-state index contributed by atoms with van der Waals surface area (Å²) in [6.45, 7) is 6.37. The molecule has 212 valence electrons. The zero-order chi connectivity index (χ0) is 28.5. The van der Waals surface area contributed by atoms with Gasteiger partial charge >= 0.3 is 6.18 Å². The van der Waals surface area contributed by atoms with E-state index in [1.165, 1.54) is 52.6 Å². The van der Waals surface area contributed by atoms with Gasteiger partial charge in [-0.25, -0.2) is 9.97 Å². The molecule has 2 aromatic heterocycles. The lowest BCUT2D eigenvalue weighted by Gasteiger charge is -2.24. The molecule has 1 fully saturated rings. The fraction of sp³-hybridized carbons (Fsp3) is 0.412. The largest absolute Gasteiger partial charge is 0.473 e. The van der Waals surface area contributed by atoms with Crippen LogP contribution in [0.3, 0.4) is 0 Å². The second-order valence-corrected chi connectivity index (χ2v) is 12.1. The lowest BCUT2D eigenvalue weighted by molar-refractivity contribution is -0.140. The fourth-order valence-electron chi connectivity index (χ4n) is 6.74. The number of aromatic nitrogens is 3. The number of benzene rings is 2. The summed E-state index contributed by atoms with van der Waals surface area (Å²) in [4.78, 5) is 9.15. The molecule has 7 rings (SSSR count). The first-order valence-electron chi connectivity index (χ1n) is 14.8. The highest BCUT2D eigenvalue weighted by Crippen LogP contribution is 2.54. The third-order valence-electron chi connectivity index (χ3n) is 8.97. The summed E-state index contributed by atoms with van der Waals surface area (Å²) in [5.74, 6) is 2.03. The topological polar surface area (TPSA) is 39.9 Å². The summed E-state index contributed by atoms with van der Waals surface area (Å²) in [6, 6.07) is 14.1. The van der Waals surface area contributed by atoms with Crippen molar-refractivity contribution < 1.29 is 17.9 Å². The third kappa shape index (κ3) is 4.54. The smallest absolute Gasteiger partial charge is 0.434 e. The molecule has 1 atom stereocenters. The van der Waals surface area contributed by atoms with E-state index in [1.807, 2.05) is 38.1 Å². The number of halogens is 3. The predicted molar refractivity (Wildman–Crippen MR) is 153 cm³/mol. The van der Waals surface area contributed by atoms with E-state index in [0.29, 0.717) is 29.8 Å². The number of alkyl halides is 3. The van der Waals surface area contributed by atoms with Crippen molar-refractivity contribution in [3.63, 3.8) is 0 Å². The Bertz CT molecular complexity index is 1630. The van der Waals surface area contributed by atoms with Crippen LogP contribution in [0.15, 0.2) is 48.7 Å². The van der Waals surface area contributed by atoms with Crippen LogP contribution >= 0.6 is 0 Å². The minimum Gasteiger partial charge on any atom is -0.473 e. The molecule has 2 aromatic carbocycles. The van der Waals surface area contributed by atoms with Crippen molar-refractivity contribution in [3.8, 4) is 28.5 Å². The van der Waals surface area contributed by atoms with Crippen molar-refractivity contribution in [3.05, 3.63) is 87.7 Å². The number of imidazole rings is 1. The Hall–Kier alpha value is -3.61. The van der Waals surface area contributed by atoms with Crippen molar-refractivity contribution in [1.82, 2.24) is 14.5 Å². The average molecular weight is 558 g/mol. The highest BCUT2D eigenvalue weighted by atomic mass is 19.4. The maximum atomic E-state index is 13.4. The van der Waals surface area contributed by atoms with Gasteiger partial charge in [0, 0.05) is 34.8 Å². The van der Waals surface area contributed by atoms with E-state index in [9.17, 15) is 13.2 Å². The number of rotatable bonds is 6. The van der Waals surface area contributed by atoms with Gasteiger partial charge in [-0.05, 0) is 86.1 Å². The average Bonchev–Trinajstić information content (AvgIpc) is 3.63. The van der Waals surface area contributed by atoms with E-state index in [-0.39, 0.29) is 6.04 Å². The predicted octanol–water partition coefficient (Wildman–Crippen LogP) is 9.01. The van der Waals surface area contributed by atoms with Gasteiger partial charge in [-0.15, -0.1) is 0 Å². The van der Waals surface area contributed by atoms with Gasteiger partial charge in [0.2, 0.25) is 5.88 Å². The standard InChI is InChI=1S/C34H34F3N3O/c1-19(2)40-17-28(34(35,36)37)38-32(40)23-13-11-21(12-14-23)18-41-33-27-8-5-4-7-26(27)29-20(3)24-9-6-10-25(22-15-16-22)30(24)31(29)39-33/h6,9-14,17,19-20,22H,4-5,7-8,15-16,18H2,1-3H3. The molecule has 0 N–H and O–H groups in total. The van der Waals surface area contributed by atoms with Crippen molar-refractivity contribution in [2.75, 3.05) is 0 Å². The summed E-state index contributed by atoms with van der Waals surface area (Å²) >= 11 is 0. The maximum Gasteiger partial charge on any atom is 0.434 e. The van der Waals surface area contributed by atoms with E-state index in [0.717, 1.165) is 42.6 Å². The molecule has 2 heterocycles. The molecule has 41 heavy (non-hydrogen) atoms. The third-order valence-corrected chi connectivity index (χ3v) is 8.97. The summed E-state index contributed by atoms with van der Waals surface area (Å²) in [6.07, 6.45) is 3.46. The first kappa shape index (κ1) is 26.3. The number of fused-ring (bicyclic) bond motifs is 5. The van der Waals surface area contributed by atoms with Gasteiger partial charge in [0.25, 0.3) is 0 Å². The van der Waals surface area contributed by atoms with Gasteiger partial charge in [-0.1, -0.05) is 49.4 Å². The van der Waals surface area contributed by atoms with Crippen LogP contribution in [0.4, 0.5) is 13.2 Å². The highest BCUT2D eigenvalue weighted by molar-refractivity contribution is 5.81. The number of hydrogen-bond acceptors (Lipinski definition) is 3. The second kappa shape index (κ2) is 9.74. The first-order chi connectivity index (χ1) is 19.7. The lowest BCUT2D eigenvalue weighted by Crippen LogP contribution is -2.12. The Balaban J connectivity index is 1.20. The van der Waals surface area contributed by atoms with Crippen molar-refractivity contribution >= 4 is 0 Å². The Kier molecular flexibility index (Phi) is 6.25. The van der Waals surface area contributed by atoms with Crippen LogP contribution in [0, 0.1) is 0 Å². The van der Waals surface area contributed by atoms with Crippen LogP contribution in [0.25, 0.3) is 22.6 Å². The van der Waals surface area contributed by atoms with Gasteiger partial charge in [0.05, 0.1) is 5.69 Å². The minimum absolute atomic E-state index is 0.151. The van der Waals surface area contributed by atoms with Gasteiger partial charge < -0.3 is 9.30 Å². The molecular weight excluding hydrogens is 523 g/mol. The lowest BCUT2D eigenvalue weighted by atomic mass is 9.85. The molecule has 0 radical (unpaired) electrons. The molecule has 1 unspecified atom stereocenters. The monoisotopic (exact) mass is 557 g/mol. The van der Waals surface area contributed by atoms with E-state index >= 15 is 0 Å². The Morgan fingerprint density at radius 3 is 2.34 bits per heavy atom. The Morgan fingerprint density at radius 2 is 1.66 bits per heavy atom. The second-order valence-electron chi connectivity index (χ2n) is 12.1. The fourth-order valence-corrected chi connectivity index (χ4v) is 6.74. The van der Waals surface area contributed by atoms with Gasteiger partial charge in [0.15, 0.2) is 5.69 Å². The van der Waals surface area contributed by atoms with Crippen LogP contribution in [-0.2, 0) is 25.6 Å². The van der Waals surface area contributed by atoms with E-state index < -0.39 is 11.9 Å². The molecule has 4 aromatic rings. The number of nitrogens with zero attached hydrogens (tertiary/aromatic N) is 3. The van der Waals surface area contributed by atoms with Gasteiger partial charge in [-0.3, -0.25) is 0 Å². The minimum atomic E-state index is -4.48. The van der Waals surface area contributed by atoms with E-state index in [1.54, 1.807) is 4.57 Å². The molecule has 4 nitrogen and oxygen atoms in total. The molecule has 0 bridgehead atoms. The highest BCUT2D eigenvalue weighted by Gasteiger charge is 2.38. The van der Waals surface area contributed by atoms with Crippen molar-refractivity contribution in [1.29, 1.82) is 0 Å². The van der Waals surface area contributed by atoms with E-state index in [2.05, 4.69) is 30.1 Å². The molecule has 3 aliphatic carbocycles. The van der Waals surface area contributed by atoms with Gasteiger partial charge in [-0.2, -0.15) is 13.2 Å². The van der Waals surface area contributed by atoms with Crippen molar-refractivity contribution in [2.45, 2.75) is 90.0 Å². The zero-order valence-corrected chi connectivity index (χ0v) is 23.7. The quantitative estimate of drug-likeness (QED) is 0.237. The van der Waals surface area contributed by atoms with Crippen LogP contribution in [0.1, 0.15) is 103 Å². The van der Waals surface area contributed by atoms with Crippen LogP contribution in [-0.4, -0.2) is 14.5 Å². The van der Waals surface area contributed by atoms with Crippen LogP contribution < -0.4 is 4.74 Å². The summed E-state index contributed by atoms with van der Waals surface area (Å²) in [5, 5.41) is 0. The molecule has 0 aliphatic heterocycles. The number of ether oxygens (including phenoxy) is 1. The molecule has 1 saturated carbocycles. The summed E-state index contributed by atoms with van der Waals surface area (Å²) in [7, 11) is 0. The zero-order valence-electron chi connectivity index (χ0n) is 23.7. The van der Waals surface area contributed by atoms with Crippen LogP contribution in [0.2, 0.25) is 0 Å². The number of pyridine rings is 1. The van der Waals surface area contributed by atoms with E-state index in [4.69, 9.17) is 9.72 Å². The molecule has 0 spiro atoms. The molecule has 0 saturated heterocycles. The van der Waals surface area contributed by atoms with Crippen LogP contribution in [0.5, 0.6) is 5.88 Å². The Labute approximate surface area is 238 Å². The molecule has 3 aliphatic rings. The summed E-state index contributed by atoms with van der Waals surface area (Å²) in [5.41, 5.74) is 10.1. The molecule has 7 heteroatoms. The summed E-state index contributed by atoms with van der Waals surface area (Å²) < 4.78 is 48.1. The first-order valence-corrected chi connectivity index (χ1v) is 14.8. The normalized spacial score (nSPS) is 17.9. The molecule has 0 amide bonds. The number of hydrogen-bond donors (Lipinski definition) is 0. The SMILES string of the molecule is CC1c2cccc(C3CC3)c2-c2nc(OCc3ccc(-c4nc(C(F)(F)F)cn4C(C)C)cc3)c3c(c21)CCCC3. The van der Waals surface area contributed by atoms with Crippen molar-refractivity contribution in [2.24, 2.45) is 0 Å². The maximum absolute atomic E-state index is 13.4. The van der Waals surface area contributed by atoms with Gasteiger partial charge in [0.1, 0.15) is 12.4 Å². The molecular formula is C34H34F3N3O. The Morgan fingerprint density at radius 1 is 0.951 bits per heavy atom.